The fourth-order valence-corrected chi connectivity index (χ4v) is 4.41. The van der Waals surface area contributed by atoms with E-state index in [4.69, 9.17) is 15.1 Å². The maximum absolute atomic E-state index is 11.5. The Morgan fingerprint density at radius 2 is 1.08 bits per heavy atom. The molecule has 0 aromatic carbocycles. The number of nitrogens with zero attached hydrogens (tertiary/aromatic N) is 1. The van der Waals surface area contributed by atoms with Gasteiger partial charge in [0.2, 0.25) is 5.91 Å². The van der Waals surface area contributed by atoms with E-state index >= 15 is 0 Å². The summed E-state index contributed by atoms with van der Waals surface area (Å²) in [6, 6.07) is 0. The molecule has 0 heterocycles. The van der Waals surface area contributed by atoms with Gasteiger partial charge >= 0.3 is 0 Å². The van der Waals surface area contributed by atoms with E-state index in [1.54, 1.807) is 0 Å². The maximum atomic E-state index is 11.5. The van der Waals surface area contributed by atoms with Crippen molar-refractivity contribution in [1.82, 2.24) is 10.2 Å². The van der Waals surface area contributed by atoms with Crippen LogP contribution in [0, 0.1) is 0 Å². The predicted molar refractivity (Wildman–Crippen MR) is 165 cm³/mol. The van der Waals surface area contributed by atoms with E-state index in [-0.39, 0.29) is 12.5 Å². The zero-order valence-electron chi connectivity index (χ0n) is 26.5. The van der Waals surface area contributed by atoms with Crippen molar-refractivity contribution >= 4 is 5.91 Å². The fourth-order valence-electron chi connectivity index (χ4n) is 4.41. The molecule has 0 rings (SSSR count). The first kappa shape index (κ1) is 40.4. The molecule has 0 fully saturated rings. The van der Waals surface area contributed by atoms with Crippen LogP contribution in [0.1, 0.15) is 149 Å². The van der Waals surface area contributed by atoms with Crippen LogP contribution < -0.4 is 5.32 Å². The number of likely N-dealkylation sites (N-methyl/N-ethyl adjacent to an activating group) is 1. The number of nitrogens with one attached hydrogen (secondary N) is 1. The quantitative estimate of drug-likeness (QED) is 0.0492. The van der Waals surface area contributed by atoms with Gasteiger partial charge < -0.3 is 20.1 Å². The van der Waals surface area contributed by atoms with Crippen molar-refractivity contribution in [3.8, 4) is 0 Å². The number of unbranched alkanes of at least 4 members (excludes halogenated alkanes) is 19. The molecule has 0 radical (unpaired) electrons. The average molecular weight is 561 g/mol. The first-order valence-electron chi connectivity index (χ1n) is 16.4. The minimum Gasteiger partial charge on any atom is -0.391 e. The first-order valence-corrected chi connectivity index (χ1v) is 16.4. The molecule has 0 aliphatic rings. The van der Waals surface area contributed by atoms with Gasteiger partial charge in [-0.05, 0) is 33.9 Å². The second-order valence-corrected chi connectivity index (χ2v) is 11.4. The Morgan fingerprint density at radius 3 is 1.41 bits per heavy atom. The van der Waals surface area contributed by atoms with Gasteiger partial charge in [-0.25, -0.2) is 4.89 Å². The molecule has 0 aliphatic carbocycles. The largest absolute Gasteiger partial charge is 0.391 e. The summed E-state index contributed by atoms with van der Waals surface area (Å²) in [6.45, 7) is 6.59. The number of carbonyl (C=O) groups is 1. The van der Waals surface area contributed by atoms with Crippen LogP contribution in [-0.4, -0.2) is 74.3 Å². The topological polar surface area (TPSA) is 91.3 Å². The molecular formula is C32H68N2O5. The maximum Gasteiger partial charge on any atom is 0.234 e. The number of hydrogen-bond acceptors (Lipinski definition) is 6. The molecule has 1 atom stereocenters. The molecule has 0 saturated carbocycles. The SMILES string of the molecule is CC(O)COO.CCCCCCCCCCCCCCCCCCCCCCOCCCNC(=O)CN(C)C. The van der Waals surface area contributed by atoms with Crippen molar-refractivity contribution in [3.63, 3.8) is 0 Å². The van der Waals surface area contributed by atoms with Crippen molar-refractivity contribution in [2.24, 2.45) is 0 Å². The van der Waals surface area contributed by atoms with E-state index in [1.165, 1.54) is 135 Å². The molecule has 7 nitrogen and oxygen atoms in total. The molecule has 0 saturated heterocycles. The fraction of sp³-hybridized carbons (Fsp3) is 0.969. The normalized spacial score (nSPS) is 11.9. The second-order valence-electron chi connectivity index (χ2n) is 11.4. The Morgan fingerprint density at radius 1 is 0.692 bits per heavy atom. The van der Waals surface area contributed by atoms with Gasteiger partial charge in [-0.3, -0.25) is 10.1 Å². The molecule has 0 spiro atoms. The number of aliphatic hydroxyl groups excluding tert-OH is 1. The van der Waals surface area contributed by atoms with Crippen molar-refractivity contribution < 1.29 is 24.8 Å². The summed E-state index contributed by atoms with van der Waals surface area (Å²) in [4.78, 5) is 16.9. The Kier molecular flexibility index (Phi) is 36.6. The molecule has 0 bridgehead atoms. The second kappa shape index (κ2) is 35.3. The summed E-state index contributed by atoms with van der Waals surface area (Å²) in [7, 11) is 3.81. The van der Waals surface area contributed by atoms with Crippen LogP contribution in [0.25, 0.3) is 0 Å². The first-order chi connectivity index (χ1) is 18.9. The number of amides is 1. The van der Waals surface area contributed by atoms with E-state index in [9.17, 15) is 4.79 Å². The third kappa shape index (κ3) is 41.9. The Hall–Kier alpha value is -0.730. The van der Waals surface area contributed by atoms with Crippen LogP contribution in [0.3, 0.4) is 0 Å². The lowest BCUT2D eigenvalue weighted by Crippen LogP contribution is -2.34. The third-order valence-electron chi connectivity index (χ3n) is 6.71. The zero-order chi connectivity index (χ0) is 29.2. The molecule has 7 heteroatoms. The summed E-state index contributed by atoms with van der Waals surface area (Å²) >= 11 is 0. The van der Waals surface area contributed by atoms with Gasteiger partial charge in [0.1, 0.15) is 6.61 Å². The Bertz CT molecular complexity index is 464. The smallest absolute Gasteiger partial charge is 0.234 e. The van der Waals surface area contributed by atoms with Crippen molar-refractivity contribution in [3.05, 3.63) is 0 Å². The highest BCUT2D eigenvalue weighted by Crippen LogP contribution is 2.14. The van der Waals surface area contributed by atoms with Gasteiger partial charge in [-0.1, -0.05) is 129 Å². The zero-order valence-corrected chi connectivity index (χ0v) is 26.5. The Labute approximate surface area is 242 Å². The molecule has 3 N–H and O–H groups in total. The number of rotatable bonds is 29. The Balaban J connectivity index is 0. The molecule has 39 heavy (non-hydrogen) atoms. The monoisotopic (exact) mass is 561 g/mol. The van der Waals surface area contributed by atoms with E-state index in [1.807, 2.05) is 19.0 Å². The average Bonchev–Trinajstić information content (AvgIpc) is 2.88. The van der Waals surface area contributed by atoms with Crippen LogP contribution in [0.4, 0.5) is 0 Å². The molecule has 1 amide bonds. The highest BCUT2D eigenvalue weighted by Gasteiger charge is 2.01. The van der Waals surface area contributed by atoms with E-state index < -0.39 is 6.10 Å². The van der Waals surface area contributed by atoms with Gasteiger partial charge in [0, 0.05) is 19.8 Å². The van der Waals surface area contributed by atoms with E-state index in [0.29, 0.717) is 13.1 Å². The number of carbonyl (C=O) groups excluding carboxylic acids is 1. The molecule has 1 unspecified atom stereocenters. The summed E-state index contributed by atoms with van der Waals surface area (Å²) in [5.41, 5.74) is 0. The number of hydrogen-bond donors (Lipinski definition) is 3. The molecule has 0 aliphatic heterocycles. The minimum absolute atomic E-state index is 0.0139. The van der Waals surface area contributed by atoms with Gasteiger partial charge in [-0.2, -0.15) is 0 Å². The minimum atomic E-state index is -0.574. The summed E-state index contributed by atoms with van der Waals surface area (Å²) < 4.78 is 5.67. The third-order valence-corrected chi connectivity index (χ3v) is 6.71. The van der Waals surface area contributed by atoms with Crippen molar-refractivity contribution in [1.29, 1.82) is 0 Å². The lowest BCUT2D eigenvalue weighted by molar-refractivity contribution is -0.255. The molecule has 0 aromatic rings. The standard InChI is InChI=1S/C29H60N2O2.C3H8O3/c1-4-5-6-7-8-9-10-11-12-13-14-15-16-17-18-19-20-21-22-23-26-33-27-24-25-30-29(32)28-31(2)3;1-3(4)2-6-5/h4-28H2,1-3H3,(H,30,32);3-5H,2H2,1H3. The summed E-state index contributed by atoms with van der Waals surface area (Å²) in [5, 5.41) is 18.8. The highest BCUT2D eigenvalue weighted by molar-refractivity contribution is 5.77. The lowest BCUT2D eigenvalue weighted by atomic mass is 10.0. The van der Waals surface area contributed by atoms with Crippen LogP contribution in [0.15, 0.2) is 0 Å². The van der Waals surface area contributed by atoms with Gasteiger partial charge in [0.05, 0.1) is 12.6 Å². The van der Waals surface area contributed by atoms with Gasteiger partial charge in [0.25, 0.3) is 0 Å². The van der Waals surface area contributed by atoms with Crippen LogP contribution in [-0.2, 0) is 14.4 Å². The van der Waals surface area contributed by atoms with Crippen LogP contribution in [0.2, 0.25) is 0 Å². The summed E-state index contributed by atoms with van der Waals surface area (Å²) in [5.74, 6) is 0.0917. The number of ether oxygens (including phenoxy) is 1. The molecule has 236 valence electrons. The van der Waals surface area contributed by atoms with Crippen LogP contribution >= 0.6 is 0 Å². The lowest BCUT2D eigenvalue weighted by Gasteiger charge is -2.10. The van der Waals surface area contributed by atoms with E-state index in [2.05, 4.69) is 17.1 Å². The van der Waals surface area contributed by atoms with Crippen LogP contribution in [0.5, 0.6) is 0 Å². The van der Waals surface area contributed by atoms with E-state index in [0.717, 1.165) is 19.6 Å². The highest BCUT2D eigenvalue weighted by atomic mass is 17.1. The summed E-state index contributed by atoms with van der Waals surface area (Å²) in [6.07, 6.45) is 28.6. The molecule has 0 aromatic heterocycles. The van der Waals surface area contributed by atoms with Crippen molar-refractivity contribution in [2.45, 2.75) is 155 Å². The molecular weight excluding hydrogens is 492 g/mol. The van der Waals surface area contributed by atoms with Gasteiger partial charge in [-0.15, -0.1) is 0 Å². The predicted octanol–water partition coefficient (Wildman–Crippen LogP) is 7.75. The van der Waals surface area contributed by atoms with Crippen molar-refractivity contribution in [2.75, 3.05) is 47.0 Å². The van der Waals surface area contributed by atoms with Gasteiger partial charge in [0.15, 0.2) is 0 Å². The number of aliphatic hydroxyl groups is 1.